The van der Waals surface area contributed by atoms with Crippen LogP contribution in [-0.4, -0.2) is 121 Å². The van der Waals surface area contributed by atoms with E-state index in [2.05, 4.69) is 15.3 Å². The van der Waals surface area contributed by atoms with Crippen LogP contribution in [0.4, 0.5) is 5.69 Å². The van der Waals surface area contributed by atoms with Crippen molar-refractivity contribution in [3.63, 3.8) is 0 Å². The van der Waals surface area contributed by atoms with E-state index >= 15 is 0 Å². The van der Waals surface area contributed by atoms with E-state index < -0.39 is 115 Å². The van der Waals surface area contributed by atoms with Gasteiger partial charge in [0.05, 0.1) is 48.6 Å². The number of fused-ring (bicyclic) bond motifs is 2. The maximum absolute atomic E-state index is 13.5. The number of rotatable bonds is 24. The second-order valence-electron chi connectivity index (χ2n) is 18.5. The molecular weight excluding hydrogens is 1140 g/mol. The fourth-order valence-electron chi connectivity index (χ4n) is 9.19. The molecule has 0 radical (unpaired) electrons. The van der Waals surface area contributed by atoms with E-state index in [9.17, 15) is 61.2 Å². The number of carboxylic acids is 1. The smallest absolute Gasteiger partial charge is 0.336 e. The molecule has 0 saturated carbocycles. The van der Waals surface area contributed by atoms with Gasteiger partial charge >= 0.3 is 34.6 Å². The molecule has 4 aliphatic rings. The highest BCUT2D eigenvalue weighted by Gasteiger charge is 2.42. The zero-order valence-electron chi connectivity index (χ0n) is 42.7. The molecule has 430 valence electrons. The predicted octanol–water partition coefficient (Wildman–Crippen LogP) is 4.25. The van der Waals surface area contributed by atoms with Crippen molar-refractivity contribution >= 4 is 67.9 Å². The van der Waals surface area contributed by atoms with Crippen LogP contribution in [-0.2, 0) is 42.4 Å². The normalized spacial score (nSPS) is 20.1. The number of carbonyl (C=O) groups is 2. The first kappa shape index (κ1) is 60.1. The Labute approximate surface area is 459 Å². The van der Waals surface area contributed by atoms with Crippen molar-refractivity contribution in [2.45, 2.75) is 99.0 Å². The van der Waals surface area contributed by atoms with E-state index in [4.69, 9.17) is 47.9 Å². The van der Waals surface area contributed by atoms with E-state index in [0.29, 0.717) is 31.2 Å². The minimum absolute atomic E-state index is 0.0173. The first-order valence-electron chi connectivity index (χ1n) is 24.4. The predicted molar refractivity (Wildman–Crippen MR) is 286 cm³/mol. The number of carboxylic acid groups (broad SMARTS) is 1. The van der Waals surface area contributed by atoms with E-state index in [1.807, 2.05) is 0 Å². The minimum atomic E-state index is -5.10. The van der Waals surface area contributed by atoms with Gasteiger partial charge in [-0.3, -0.25) is 43.4 Å². The summed E-state index contributed by atoms with van der Waals surface area (Å²) in [5, 5.41) is 20.9. The number of anilines is 1. The fraction of sp³-hybridized carbons (Fsp3) is 0.396. The monoisotopic (exact) mass is 1190 g/mol. The number of unbranched alkanes of at least 4 members (excludes halogenated alkanes) is 3. The molecule has 2 saturated heterocycles. The highest BCUT2D eigenvalue weighted by molar-refractivity contribution is 7.94. The number of hydrogen-bond donors (Lipinski definition) is 10. The van der Waals surface area contributed by atoms with Gasteiger partial charge in [-0.15, -0.1) is 0 Å². The third kappa shape index (κ3) is 13.5. The van der Waals surface area contributed by atoms with Crippen LogP contribution in [0.15, 0.2) is 88.2 Å². The van der Waals surface area contributed by atoms with Crippen molar-refractivity contribution in [3.8, 4) is 22.5 Å². The number of carbonyl (C=O) groups excluding carboxylic acids is 1. The Morgan fingerprint density at radius 3 is 2.08 bits per heavy atom. The quantitative estimate of drug-likeness (QED) is 0.0101. The molecule has 6 unspecified atom stereocenters. The molecule has 80 heavy (non-hydrogen) atoms. The zero-order chi connectivity index (χ0) is 57.7. The number of aryl methyl sites for hydroxylation is 2. The summed E-state index contributed by atoms with van der Waals surface area (Å²) >= 11 is 0.175. The molecule has 1 amide bonds. The number of ether oxygens (including phenoxy) is 3. The number of aromatic amines is 2. The van der Waals surface area contributed by atoms with Crippen LogP contribution in [0, 0.1) is 19.3 Å². The van der Waals surface area contributed by atoms with Crippen molar-refractivity contribution in [2.24, 2.45) is 0 Å². The molecular formula is C48H55N7O21P2S2. The van der Waals surface area contributed by atoms with Gasteiger partial charge in [-0.25, -0.2) is 14.4 Å². The largest absolute Gasteiger partial charge is 0.478 e. The molecule has 2 aromatic heterocycles. The molecule has 3 aliphatic heterocycles. The van der Waals surface area contributed by atoms with Gasteiger partial charge in [0.2, 0.25) is 0 Å². The molecule has 1 aliphatic carbocycles. The summed E-state index contributed by atoms with van der Waals surface area (Å²) < 4.78 is 94.0. The van der Waals surface area contributed by atoms with Crippen molar-refractivity contribution in [1.29, 1.82) is 5.41 Å². The average Bonchev–Trinajstić information content (AvgIpc) is 4.17. The molecule has 4 aromatic rings. The second-order valence-corrected chi connectivity index (χ2v) is 22.4. The van der Waals surface area contributed by atoms with E-state index in [-0.39, 0.29) is 106 Å². The van der Waals surface area contributed by atoms with Gasteiger partial charge in [-0.1, -0.05) is 12.8 Å². The number of nitrogen functional groups attached to an aromatic ring is 1. The molecule has 8 rings (SSSR count). The Morgan fingerprint density at radius 1 is 0.850 bits per heavy atom. The Balaban J connectivity index is 0.836. The number of nitrogens with one attached hydrogen (secondary N) is 4. The number of H-pyrrole nitrogens is 2. The topological polar surface area (TPSA) is 419 Å². The van der Waals surface area contributed by atoms with Crippen LogP contribution < -0.4 is 38.9 Å². The number of hydrogen-bond acceptors (Lipinski definition) is 22. The van der Waals surface area contributed by atoms with Crippen LogP contribution in [0.2, 0.25) is 0 Å². The van der Waals surface area contributed by atoms with E-state index in [1.54, 1.807) is 0 Å². The van der Waals surface area contributed by atoms with Gasteiger partial charge in [0.25, 0.3) is 27.1 Å². The number of aromatic carboxylic acids is 1. The van der Waals surface area contributed by atoms with Gasteiger partial charge in [0.1, 0.15) is 29.6 Å². The van der Waals surface area contributed by atoms with Crippen LogP contribution in [0.3, 0.4) is 0 Å². The summed E-state index contributed by atoms with van der Waals surface area (Å²) in [4.78, 5) is 101. The Bertz CT molecular complexity index is 3690. The number of amides is 1. The molecule has 11 N–H and O–H groups in total. The van der Waals surface area contributed by atoms with E-state index in [0.717, 1.165) is 10.6 Å². The lowest BCUT2D eigenvalue weighted by molar-refractivity contribution is -0.0564. The van der Waals surface area contributed by atoms with E-state index in [1.165, 1.54) is 74.3 Å². The molecule has 32 heteroatoms. The molecule has 0 spiro atoms. The van der Waals surface area contributed by atoms with Crippen molar-refractivity contribution in [3.05, 3.63) is 124 Å². The standard InChI is InChI=1S/C48H55N7O21P2S2/c1-23-19-54(47(61)52-43(23)56)36-17-32(69-3)34(73-36)21-72-78(64)76-33-18-37(55-20-24(2)44(57)53-48(55)62)74-35(33)22-71-77(63)70-15-7-5-4-6-14-51-45(58)25-8-9-26(46(59)60)29(16-25)38-27-10-12-30(49)41(79-65)39(27)75-40-28(38)11-13-31(50)42(40)80(66,67)68/h8-13,16,19-20,32-37,50,63-65H,4-7,14-15,17-18,21-22,49H2,1-3H3,(H,51,58)(H,59,60)(H,52,56,61)(H,53,57,62)(H,66,67,68)/t32-,33-,34?,35?,36?,37?,77?,78?/m1/s1. The van der Waals surface area contributed by atoms with Crippen LogP contribution in [0.25, 0.3) is 33.4 Å². The summed E-state index contributed by atoms with van der Waals surface area (Å²) in [5.74, 6) is -2.50. The second kappa shape index (κ2) is 25.8. The van der Waals surface area contributed by atoms with Crippen LogP contribution in [0.1, 0.15) is 82.8 Å². The number of nitrogens with two attached hydrogens (primary N) is 1. The van der Waals surface area contributed by atoms with Crippen molar-refractivity contribution < 1.29 is 78.7 Å². The molecule has 28 nitrogen and oxygen atoms in total. The first-order chi connectivity index (χ1) is 38.1. The highest BCUT2D eigenvalue weighted by atomic mass is 32.2. The minimum Gasteiger partial charge on any atom is -0.478 e. The maximum Gasteiger partial charge on any atom is 0.336 e. The summed E-state index contributed by atoms with van der Waals surface area (Å²) in [7, 11) is -8.77. The lowest BCUT2D eigenvalue weighted by Crippen LogP contribution is -2.33. The van der Waals surface area contributed by atoms with Crippen LogP contribution in [0.5, 0.6) is 0 Å². The number of benzene rings is 3. The molecule has 5 heterocycles. The Morgan fingerprint density at radius 2 is 1.46 bits per heavy atom. The third-order valence-electron chi connectivity index (χ3n) is 13.2. The Kier molecular flexibility index (Phi) is 19.4. The molecule has 2 aromatic carbocycles. The molecule has 0 bridgehead atoms. The van der Waals surface area contributed by atoms with Gasteiger partial charge in [-0.05, 0) is 74.7 Å². The van der Waals surface area contributed by atoms with Gasteiger partial charge in [-0.2, -0.15) is 8.42 Å². The zero-order valence-corrected chi connectivity index (χ0v) is 46.1. The lowest BCUT2D eigenvalue weighted by atomic mass is 9.89. The van der Waals surface area contributed by atoms with Crippen molar-refractivity contribution in [2.75, 3.05) is 39.2 Å². The number of nitrogens with zero attached hydrogens (tertiary/aromatic N) is 2. The first-order valence-corrected chi connectivity index (χ1v) is 28.9. The summed E-state index contributed by atoms with van der Waals surface area (Å²) in [6.07, 6.45) is -0.0844. The van der Waals surface area contributed by atoms with Gasteiger partial charge in [0, 0.05) is 84.1 Å². The highest BCUT2D eigenvalue weighted by Crippen LogP contribution is 2.47. The van der Waals surface area contributed by atoms with Crippen LogP contribution >= 0.6 is 29.2 Å². The molecule has 8 atom stereocenters. The lowest BCUT2D eigenvalue weighted by Gasteiger charge is -2.23. The fourth-order valence-corrected chi connectivity index (χ4v) is 11.8. The molecule has 2 fully saturated rings. The van der Waals surface area contributed by atoms with Crippen molar-refractivity contribution in [1.82, 2.24) is 24.4 Å². The summed E-state index contributed by atoms with van der Waals surface area (Å²) in [5.41, 5.74) is 3.58. The number of aromatic nitrogens is 4. The van der Waals surface area contributed by atoms with Gasteiger partial charge in [0.15, 0.2) is 16.2 Å². The SMILES string of the molecule is CO[C@@H]1CC(n2cc(C)c(=O)[nH]c2=O)OC1COP(O)O[C@@H]1CC(n2cc(C)c(=O)[nH]c2=O)OC1COP(O)OCCCCCCNC(=O)c1ccc(C(=O)O)c(-c2c3ccc(=N)c(S(=O)(=O)O)c-3oc3c(SO)c(N)ccc23)c1. The maximum atomic E-state index is 13.5. The average molecular weight is 1190 g/mol. The third-order valence-corrected chi connectivity index (χ3v) is 16.3. The Hall–Kier alpha value is -6.05. The number of methoxy groups -OCH3 is 1. The summed E-state index contributed by atoms with van der Waals surface area (Å²) in [6.45, 7) is 2.74. The summed E-state index contributed by atoms with van der Waals surface area (Å²) in [6, 6.07) is 9.06. The van der Waals surface area contributed by atoms with Gasteiger partial charge < -0.3 is 67.2 Å².